The summed E-state index contributed by atoms with van der Waals surface area (Å²) in [6.07, 6.45) is 8.11. The van der Waals surface area contributed by atoms with Crippen LogP contribution < -0.4 is 4.73 Å². The van der Waals surface area contributed by atoms with Crippen molar-refractivity contribution < 1.29 is 76.0 Å². The van der Waals surface area contributed by atoms with Crippen LogP contribution in [0, 0.1) is 12.1 Å². The van der Waals surface area contributed by atoms with Gasteiger partial charge in [-0.15, -0.1) is 11.6 Å². The quantitative estimate of drug-likeness (QED) is 0.119. The fraction of sp³-hybridized carbons (Fsp3) is 0.389. The molecule has 0 amide bonds. The van der Waals surface area contributed by atoms with Crippen LogP contribution in [-0.4, -0.2) is 16.2 Å². The fourth-order valence-corrected chi connectivity index (χ4v) is 3.05. The van der Waals surface area contributed by atoms with E-state index in [9.17, 15) is 10.0 Å². The minimum Gasteiger partial charge on any atom is 0 e. The minimum absolute atomic E-state index is 0. The van der Waals surface area contributed by atoms with Crippen molar-refractivity contribution in [3.8, 4) is 0 Å². The average Bonchev–Trinajstić information content (AvgIpc) is 3.31. The molecule has 14 heteroatoms. The minimum atomic E-state index is -0.278. The molecule has 1 N–H and O–H groups in total. The molecule has 0 bridgehead atoms. The van der Waals surface area contributed by atoms with E-state index in [1.165, 1.54) is 17.2 Å². The Balaban J connectivity index is 0. The van der Waals surface area contributed by atoms with Gasteiger partial charge in [-0.2, -0.15) is 18.2 Å². The normalized spacial score (nSPS) is 14.3. The van der Waals surface area contributed by atoms with Crippen LogP contribution in [0.25, 0.3) is 0 Å². The summed E-state index contributed by atoms with van der Waals surface area (Å²) in [4.78, 5) is 14.7. The Bertz CT molecular complexity index is 810. The summed E-state index contributed by atoms with van der Waals surface area (Å²) < 4.78 is 6.32. The largest absolute Gasteiger partial charge is 0 e. The third-order valence-electron chi connectivity index (χ3n) is 4.06. The number of ether oxygens (including phenoxy) is 1. The van der Waals surface area contributed by atoms with Crippen LogP contribution in [0.5, 0.6) is 0 Å². The maximum atomic E-state index is 10.7. The molecule has 1 unspecified atom stereocenters. The Morgan fingerprint density at radius 3 is 2.34 bits per heavy atom. The summed E-state index contributed by atoms with van der Waals surface area (Å²) in [7, 11) is 0.628. The number of nitrogens with zero attached hydrogens (tertiary/aromatic N) is 2. The number of hydrogen-bond donors (Lipinski definition) is 1. The van der Waals surface area contributed by atoms with Crippen molar-refractivity contribution in [2.24, 2.45) is 0 Å². The first-order chi connectivity index (χ1) is 14.3. The molecule has 0 radical (unpaired) electrons. The average molecular weight is 1420 g/mol. The van der Waals surface area contributed by atoms with E-state index < -0.39 is 0 Å². The summed E-state index contributed by atoms with van der Waals surface area (Å²) in [5.74, 6) is -0.247. The number of carbonyl (C=O) groups is 1. The molecule has 32 heavy (non-hydrogen) atoms. The van der Waals surface area contributed by atoms with Gasteiger partial charge in [0, 0.05) is 49.1 Å². The Labute approximate surface area is 285 Å². The smallest absolute Gasteiger partial charge is 0 e. The van der Waals surface area contributed by atoms with Crippen molar-refractivity contribution in [2.45, 2.75) is 45.1 Å². The summed E-state index contributed by atoms with van der Waals surface area (Å²) in [5, 5.41) is 9.23. The SMILES string of the molecule is CC(=O)OC1CCc2[c-]ccnc21.O[n+]1cc[c-]c2c1CCC2.[I][V]([I])[I].[I][V][I].[W].[W]. The zero-order chi connectivity index (χ0) is 22.5. The van der Waals surface area contributed by atoms with Crippen LogP contribution in [0.15, 0.2) is 24.5 Å². The van der Waals surface area contributed by atoms with Gasteiger partial charge in [-0.25, -0.2) is 0 Å². The molecule has 0 saturated carbocycles. The van der Waals surface area contributed by atoms with Crippen molar-refractivity contribution in [3.05, 3.63) is 59.2 Å². The third kappa shape index (κ3) is 15.9. The number of esters is 1. The Kier molecular flexibility index (Phi) is 26.9. The Morgan fingerprint density at radius 2 is 1.78 bits per heavy atom. The predicted molar refractivity (Wildman–Crippen MR) is 151 cm³/mol. The number of halogens is 5. The monoisotopic (exact) mass is 1420 g/mol. The van der Waals surface area contributed by atoms with Gasteiger partial charge in [0.15, 0.2) is 0 Å². The maximum Gasteiger partial charge on any atom is 0 e. The number of hydrogen-bond acceptors (Lipinski definition) is 4. The van der Waals surface area contributed by atoms with Crippen molar-refractivity contribution >= 4 is 106 Å². The number of fused-ring (bicyclic) bond motifs is 2. The van der Waals surface area contributed by atoms with E-state index in [4.69, 9.17) is 4.74 Å². The molecule has 4 rings (SSSR count). The van der Waals surface area contributed by atoms with E-state index >= 15 is 0 Å². The first-order valence-electron chi connectivity index (χ1n) is 8.65. The van der Waals surface area contributed by atoms with Crippen molar-refractivity contribution in [2.75, 3.05) is 0 Å². The zero-order valence-corrected chi connectivity index (χ0v) is 36.1. The van der Waals surface area contributed by atoms with Crippen molar-refractivity contribution in [3.63, 3.8) is 0 Å². The van der Waals surface area contributed by atoms with Gasteiger partial charge in [0.05, 0.1) is 0 Å². The molecule has 2 aromatic heterocycles. The Hall–Kier alpha value is 3.77. The molecule has 177 valence electrons. The van der Waals surface area contributed by atoms with Crippen LogP contribution in [0.3, 0.4) is 0 Å². The van der Waals surface area contributed by atoms with Crippen LogP contribution >= 0.6 is 99.9 Å². The molecule has 0 saturated heterocycles. The standard InChI is InChI=1S/C10H10NO2.C8H9NO.5HI.2V.2W/c1-7(12)13-9-5-4-8-3-2-6-11-10(8)9;10-9-6-2-4-7-3-1-5-8(7)9;;;;;;;;;/h2,6,9H,4-5H2,1H3;2,6,10H,1,3,5H2;5*1H;;;;/q-1;;;;;;;+2;+3;;/p-5. The molecular formula is C18H19I5N2O3V2W2-. The maximum absolute atomic E-state index is 10.7. The molecular weight excluding hydrogens is 1400 g/mol. The van der Waals surface area contributed by atoms with Gasteiger partial charge in [0.1, 0.15) is 18.0 Å². The number of aromatic nitrogens is 2. The van der Waals surface area contributed by atoms with E-state index in [2.05, 4.69) is 117 Å². The van der Waals surface area contributed by atoms with Crippen LogP contribution in [0.4, 0.5) is 0 Å². The fourth-order valence-electron chi connectivity index (χ4n) is 3.05. The molecule has 5 nitrogen and oxygen atoms in total. The zero-order valence-electron chi connectivity index (χ0n) is 16.7. The predicted octanol–water partition coefficient (Wildman–Crippen LogP) is 6.35. The van der Waals surface area contributed by atoms with Gasteiger partial charge < -0.3 is 14.9 Å². The van der Waals surface area contributed by atoms with Gasteiger partial charge in [0.25, 0.3) is 0 Å². The third-order valence-corrected chi connectivity index (χ3v) is 4.06. The van der Waals surface area contributed by atoms with Crippen LogP contribution in [0.2, 0.25) is 0 Å². The molecule has 2 aliphatic carbocycles. The van der Waals surface area contributed by atoms with Gasteiger partial charge in [-0.05, 0) is 31.4 Å². The van der Waals surface area contributed by atoms with Crippen molar-refractivity contribution in [1.29, 1.82) is 0 Å². The van der Waals surface area contributed by atoms with E-state index in [1.54, 1.807) is 24.5 Å². The number of rotatable bonds is 1. The van der Waals surface area contributed by atoms with E-state index in [0.29, 0.717) is 9.47 Å². The van der Waals surface area contributed by atoms with E-state index in [1.807, 2.05) is 0 Å². The summed E-state index contributed by atoms with van der Waals surface area (Å²) in [5.41, 5.74) is 4.15. The molecule has 1 atom stereocenters. The molecule has 0 aromatic carbocycles. The van der Waals surface area contributed by atoms with Gasteiger partial charge in [-0.3, -0.25) is 4.79 Å². The first kappa shape index (κ1) is 37.9. The molecule has 0 aliphatic heterocycles. The second-order valence-electron chi connectivity index (χ2n) is 5.93. The summed E-state index contributed by atoms with van der Waals surface area (Å²) >= 11 is 12.1. The van der Waals surface area contributed by atoms with Gasteiger partial charge >= 0.3 is 120 Å². The molecule has 0 spiro atoms. The molecule has 0 fully saturated rings. The number of aryl methyl sites for hydroxylation is 2. The topological polar surface area (TPSA) is 63.3 Å². The second kappa shape index (κ2) is 22.7. The summed E-state index contributed by atoms with van der Waals surface area (Å²) in [6, 6.07) is 9.75. The summed E-state index contributed by atoms with van der Waals surface area (Å²) in [6.45, 7) is 1.42. The Morgan fingerprint density at radius 1 is 1.19 bits per heavy atom. The van der Waals surface area contributed by atoms with Crippen LogP contribution in [0.1, 0.15) is 48.4 Å². The van der Waals surface area contributed by atoms with Gasteiger partial charge in [-0.1, -0.05) is 22.9 Å². The number of carbonyl (C=O) groups excluding carboxylic acids is 1. The van der Waals surface area contributed by atoms with Crippen molar-refractivity contribution in [1.82, 2.24) is 4.98 Å². The van der Waals surface area contributed by atoms with E-state index in [-0.39, 0.29) is 59.1 Å². The second-order valence-corrected chi connectivity index (χ2v) is 53.1. The molecule has 2 aliphatic rings. The first-order valence-corrected chi connectivity index (χ1v) is 31.2. The molecule has 2 heterocycles. The number of pyridine rings is 2. The van der Waals surface area contributed by atoms with Gasteiger partial charge in [0.2, 0.25) is 0 Å². The molecule has 2 aromatic rings. The van der Waals surface area contributed by atoms with Crippen LogP contribution in [-0.2, 0) is 85.3 Å². The van der Waals surface area contributed by atoms with E-state index in [0.717, 1.165) is 49.1 Å².